The second kappa shape index (κ2) is 6.40. The Bertz CT molecular complexity index is 375. The van der Waals surface area contributed by atoms with Gasteiger partial charge in [0.2, 0.25) is 0 Å². The highest BCUT2D eigenvalue weighted by atomic mass is 16.7. The van der Waals surface area contributed by atoms with E-state index in [9.17, 15) is 4.79 Å². The fourth-order valence-electron chi connectivity index (χ4n) is 2.15. The zero-order valence-electron chi connectivity index (χ0n) is 10.8. The number of carbonyl (C=O) groups is 1. The second-order valence-electron chi connectivity index (χ2n) is 4.38. The van der Waals surface area contributed by atoms with Gasteiger partial charge >= 0.3 is 6.03 Å². The van der Waals surface area contributed by atoms with E-state index in [-0.39, 0.29) is 6.03 Å². The van der Waals surface area contributed by atoms with Gasteiger partial charge in [-0.25, -0.2) is 4.79 Å². The Hall–Kier alpha value is -1.55. The second-order valence-corrected chi connectivity index (χ2v) is 4.38. The highest BCUT2D eigenvalue weighted by Gasteiger charge is 2.24. The third-order valence-corrected chi connectivity index (χ3v) is 3.05. The highest BCUT2D eigenvalue weighted by Crippen LogP contribution is 2.18. The maximum atomic E-state index is 12.4. The van der Waals surface area contributed by atoms with Crippen LogP contribution < -0.4 is 5.06 Å². The van der Waals surface area contributed by atoms with E-state index in [0.717, 1.165) is 31.6 Å². The molecule has 1 aromatic carbocycles. The first-order valence-electron chi connectivity index (χ1n) is 6.60. The van der Waals surface area contributed by atoms with Crippen LogP contribution in [0.1, 0.15) is 26.2 Å². The fourth-order valence-corrected chi connectivity index (χ4v) is 2.15. The van der Waals surface area contributed by atoms with Gasteiger partial charge in [-0.05, 0) is 38.3 Å². The molecule has 1 aliphatic heterocycles. The van der Waals surface area contributed by atoms with Gasteiger partial charge in [-0.15, -0.1) is 0 Å². The molecule has 0 atom stereocenters. The highest BCUT2D eigenvalue weighted by molar-refractivity contribution is 5.89. The molecule has 0 spiro atoms. The first kappa shape index (κ1) is 12.9. The molecule has 2 rings (SSSR count). The van der Waals surface area contributed by atoms with Gasteiger partial charge in [0.05, 0.1) is 12.3 Å². The van der Waals surface area contributed by atoms with Crippen molar-refractivity contribution in [2.75, 3.05) is 24.8 Å². The number of para-hydroxylation sites is 1. The molecule has 0 unspecified atom stereocenters. The summed E-state index contributed by atoms with van der Waals surface area (Å²) >= 11 is 0. The van der Waals surface area contributed by atoms with E-state index >= 15 is 0 Å². The summed E-state index contributed by atoms with van der Waals surface area (Å²) in [6.07, 6.45) is 3.38. The summed E-state index contributed by atoms with van der Waals surface area (Å²) in [6.45, 7) is 4.03. The maximum absolute atomic E-state index is 12.4. The Labute approximate surface area is 108 Å². The Balaban J connectivity index is 2.11. The smallest absolute Gasteiger partial charge is 0.323 e. The van der Waals surface area contributed by atoms with Crippen molar-refractivity contribution >= 4 is 11.7 Å². The molecule has 1 aromatic rings. The van der Waals surface area contributed by atoms with E-state index in [1.54, 1.807) is 0 Å². The summed E-state index contributed by atoms with van der Waals surface area (Å²) in [4.78, 5) is 19.8. The molecular formula is C14H20N2O2. The van der Waals surface area contributed by atoms with Gasteiger partial charge in [-0.3, -0.25) is 4.84 Å². The van der Waals surface area contributed by atoms with Crippen LogP contribution in [0.4, 0.5) is 10.5 Å². The first-order valence-corrected chi connectivity index (χ1v) is 6.60. The Morgan fingerprint density at radius 3 is 2.50 bits per heavy atom. The summed E-state index contributed by atoms with van der Waals surface area (Å²) in [5, 5.41) is 1.41. The van der Waals surface area contributed by atoms with Crippen molar-refractivity contribution in [3.63, 3.8) is 0 Å². The number of hydrogen-bond donors (Lipinski definition) is 0. The molecule has 0 N–H and O–H groups in total. The fraction of sp³-hybridized carbons (Fsp3) is 0.500. The van der Waals surface area contributed by atoms with Gasteiger partial charge in [0, 0.05) is 13.1 Å². The lowest BCUT2D eigenvalue weighted by Crippen LogP contribution is -2.45. The quantitative estimate of drug-likeness (QED) is 0.770. The minimum absolute atomic E-state index is 0.0530. The third kappa shape index (κ3) is 3.01. The summed E-state index contributed by atoms with van der Waals surface area (Å²) in [5.74, 6) is 0. The number of nitrogens with zero attached hydrogens (tertiary/aromatic N) is 2. The summed E-state index contributed by atoms with van der Waals surface area (Å²) in [6, 6.07) is 9.46. The van der Waals surface area contributed by atoms with E-state index < -0.39 is 0 Å². The van der Waals surface area contributed by atoms with Gasteiger partial charge in [0.15, 0.2) is 0 Å². The molecular weight excluding hydrogens is 228 g/mol. The van der Waals surface area contributed by atoms with Crippen molar-refractivity contribution < 1.29 is 9.63 Å². The predicted octanol–water partition coefficient (Wildman–Crippen LogP) is 3.05. The Morgan fingerprint density at radius 2 is 1.89 bits per heavy atom. The lowest BCUT2D eigenvalue weighted by molar-refractivity contribution is 0.104. The number of urea groups is 1. The number of benzene rings is 1. The number of rotatable bonds is 3. The van der Waals surface area contributed by atoms with Crippen LogP contribution in [0, 0.1) is 0 Å². The number of hydrogen-bond acceptors (Lipinski definition) is 2. The summed E-state index contributed by atoms with van der Waals surface area (Å²) in [5.41, 5.74) is 0.787. The average Bonchev–Trinajstić information content (AvgIpc) is 2.46. The lowest BCUT2D eigenvalue weighted by atomic mass is 10.1. The molecule has 1 fully saturated rings. The van der Waals surface area contributed by atoms with E-state index in [0.29, 0.717) is 6.61 Å². The van der Waals surface area contributed by atoms with Crippen LogP contribution in [0.15, 0.2) is 30.3 Å². The van der Waals surface area contributed by atoms with Gasteiger partial charge in [-0.1, -0.05) is 18.2 Å². The van der Waals surface area contributed by atoms with E-state index in [4.69, 9.17) is 4.84 Å². The molecule has 0 radical (unpaired) electrons. The summed E-state index contributed by atoms with van der Waals surface area (Å²) in [7, 11) is 0. The maximum Gasteiger partial charge on any atom is 0.348 e. The molecule has 0 saturated carbocycles. The van der Waals surface area contributed by atoms with Crippen molar-refractivity contribution in [1.29, 1.82) is 0 Å². The van der Waals surface area contributed by atoms with Gasteiger partial charge in [0.1, 0.15) is 0 Å². The van der Waals surface area contributed by atoms with Crippen LogP contribution >= 0.6 is 0 Å². The zero-order valence-corrected chi connectivity index (χ0v) is 10.8. The van der Waals surface area contributed by atoms with Crippen molar-refractivity contribution in [2.24, 2.45) is 0 Å². The molecule has 1 saturated heterocycles. The zero-order chi connectivity index (χ0) is 12.8. The van der Waals surface area contributed by atoms with Gasteiger partial charge < -0.3 is 4.90 Å². The monoisotopic (exact) mass is 248 g/mol. The summed E-state index contributed by atoms with van der Waals surface area (Å²) < 4.78 is 0. The van der Waals surface area contributed by atoms with E-state index in [1.807, 2.05) is 42.2 Å². The molecule has 1 aliphatic rings. The minimum Gasteiger partial charge on any atom is -0.323 e. The molecule has 0 aromatic heterocycles. The average molecular weight is 248 g/mol. The van der Waals surface area contributed by atoms with Crippen LogP contribution in [0.2, 0.25) is 0 Å². The molecule has 98 valence electrons. The number of carbonyl (C=O) groups excluding carboxylic acids is 1. The normalized spacial score (nSPS) is 15.5. The third-order valence-electron chi connectivity index (χ3n) is 3.05. The lowest BCUT2D eigenvalue weighted by Gasteiger charge is -2.31. The van der Waals surface area contributed by atoms with Crippen LogP contribution in [0.25, 0.3) is 0 Å². The predicted molar refractivity (Wildman–Crippen MR) is 71.4 cm³/mol. The Kier molecular flexibility index (Phi) is 4.59. The molecule has 1 heterocycles. The molecule has 2 amide bonds. The van der Waals surface area contributed by atoms with Crippen LogP contribution in [0.3, 0.4) is 0 Å². The number of piperidine rings is 1. The van der Waals surface area contributed by atoms with Crippen molar-refractivity contribution in [1.82, 2.24) is 4.90 Å². The van der Waals surface area contributed by atoms with Gasteiger partial charge in [-0.2, -0.15) is 5.06 Å². The largest absolute Gasteiger partial charge is 0.348 e. The van der Waals surface area contributed by atoms with Crippen LogP contribution in [0.5, 0.6) is 0 Å². The number of amides is 2. The van der Waals surface area contributed by atoms with E-state index in [1.165, 1.54) is 11.5 Å². The number of likely N-dealkylation sites (tertiary alicyclic amines) is 1. The molecule has 0 aliphatic carbocycles. The minimum atomic E-state index is -0.0530. The molecule has 18 heavy (non-hydrogen) atoms. The first-order chi connectivity index (χ1) is 8.83. The number of hydroxylamine groups is 1. The SMILES string of the molecule is CCON(C(=O)N1CCCCC1)c1ccccc1. The van der Waals surface area contributed by atoms with Crippen molar-refractivity contribution in [2.45, 2.75) is 26.2 Å². The van der Waals surface area contributed by atoms with Gasteiger partial charge in [0.25, 0.3) is 0 Å². The van der Waals surface area contributed by atoms with Crippen LogP contribution in [-0.2, 0) is 4.84 Å². The Morgan fingerprint density at radius 1 is 1.22 bits per heavy atom. The molecule has 4 heteroatoms. The number of anilines is 1. The molecule has 4 nitrogen and oxygen atoms in total. The molecule has 0 bridgehead atoms. The van der Waals surface area contributed by atoms with Crippen LogP contribution in [-0.4, -0.2) is 30.6 Å². The van der Waals surface area contributed by atoms with Crippen molar-refractivity contribution in [3.05, 3.63) is 30.3 Å². The van der Waals surface area contributed by atoms with Crippen molar-refractivity contribution in [3.8, 4) is 0 Å². The topological polar surface area (TPSA) is 32.8 Å². The standard InChI is InChI=1S/C14H20N2O2/c1-2-18-16(13-9-5-3-6-10-13)14(17)15-11-7-4-8-12-15/h3,5-6,9-10H,2,4,7-8,11-12H2,1H3. The van der Waals surface area contributed by atoms with E-state index in [2.05, 4.69) is 0 Å².